The minimum Gasteiger partial charge on any atom is -0.484 e. The van der Waals surface area contributed by atoms with E-state index in [1.54, 1.807) is 12.1 Å². The zero-order valence-electron chi connectivity index (χ0n) is 13.8. The van der Waals surface area contributed by atoms with Crippen LogP contribution in [0.5, 0.6) is 5.75 Å². The maximum absolute atomic E-state index is 12.1. The van der Waals surface area contributed by atoms with E-state index in [0.717, 1.165) is 42.2 Å². The Morgan fingerprint density at radius 1 is 1.28 bits per heavy atom. The molecule has 1 aliphatic carbocycles. The molecule has 1 aliphatic rings. The predicted molar refractivity (Wildman–Crippen MR) is 89.9 cm³/mol. The highest BCUT2D eigenvalue weighted by molar-refractivity contribution is 5.85. The van der Waals surface area contributed by atoms with E-state index in [2.05, 4.69) is 5.32 Å². The molecule has 1 aromatic heterocycles. The Kier molecular flexibility index (Phi) is 4.74. The summed E-state index contributed by atoms with van der Waals surface area (Å²) in [6.07, 6.45) is 3.64. The number of aliphatic carboxylic acids is 1. The van der Waals surface area contributed by atoms with Crippen molar-refractivity contribution in [1.29, 1.82) is 0 Å². The topological polar surface area (TPSA) is 106 Å². The van der Waals surface area contributed by atoms with Crippen molar-refractivity contribution in [2.24, 2.45) is 0 Å². The molecular formula is C18H19NO6. The van der Waals surface area contributed by atoms with Crippen LogP contribution >= 0.6 is 0 Å². The molecule has 1 amide bonds. The molecule has 1 heterocycles. The highest BCUT2D eigenvalue weighted by atomic mass is 16.5. The Bertz CT molecular complexity index is 885. The van der Waals surface area contributed by atoms with E-state index in [1.165, 1.54) is 6.92 Å². The molecule has 0 aliphatic heterocycles. The first kappa shape index (κ1) is 17.0. The molecule has 0 saturated heterocycles. The average molecular weight is 345 g/mol. The van der Waals surface area contributed by atoms with Gasteiger partial charge in [-0.3, -0.25) is 9.59 Å². The van der Waals surface area contributed by atoms with Crippen molar-refractivity contribution in [3.05, 3.63) is 39.7 Å². The largest absolute Gasteiger partial charge is 0.484 e. The summed E-state index contributed by atoms with van der Waals surface area (Å²) in [6, 6.07) is 4.14. The Balaban J connectivity index is 1.77. The van der Waals surface area contributed by atoms with Gasteiger partial charge in [0.1, 0.15) is 17.4 Å². The van der Waals surface area contributed by atoms with Gasteiger partial charge in [-0.05, 0) is 50.3 Å². The van der Waals surface area contributed by atoms with E-state index >= 15 is 0 Å². The van der Waals surface area contributed by atoms with E-state index in [0.29, 0.717) is 11.3 Å². The Labute approximate surface area is 143 Å². The number of carbonyl (C=O) groups excluding carboxylic acids is 1. The van der Waals surface area contributed by atoms with Crippen molar-refractivity contribution < 1.29 is 23.8 Å². The maximum Gasteiger partial charge on any atom is 0.339 e. The fourth-order valence-electron chi connectivity index (χ4n) is 3.01. The number of fused-ring (bicyclic) bond motifs is 3. The number of carbonyl (C=O) groups is 2. The summed E-state index contributed by atoms with van der Waals surface area (Å²) in [4.78, 5) is 34.5. The van der Waals surface area contributed by atoms with Crippen LogP contribution in [0.3, 0.4) is 0 Å². The van der Waals surface area contributed by atoms with Gasteiger partial charge in [0, 0.05) is 17.0 Å². The lowest BCUT2D eigenvalue weighted by Crippen LogP contribution is -2.40. The van der Waals surface area contributed by atoms with Gasteiger partial charge in [0.15, 0.2) is 6.61 Å². The monoisotopic (exact) mass is 345 g/mol. The molecule has 0 spiro atoms. The Hall–Kier alpha value is -2.83. The molecule has 2 aromatic rings. The standard InChI is InChI=1S/C18H19NO6/c1-10(17(21)22)19-16(20)9-24-11-6-7-13-12-4-2-3-5-14(12)18(23)25-15(13)8-11/h6-8,10H,2-5,9H2,1H3,(H,19,20)(H,21,22)/t10-/m1/s1. The third-order valence-corrected chi connectivity index (χ3v) is 4.31. The molecule has 25 heavy (non-hydrogen) atoms. The number of carboxylic acids is 1. The molecule has 2 N–H and O–H groups in total. The zero-order valence-corrected chi connectivity index (χ0v) is 13.8. The van der Waals surface area contributed by atoms with Crippen molar-refractivity contribution in [3.8, 4) is 5.75 Å². The first-order valence-electron chi connectivity index (χ1n) is 8.19. The van der Waals surface area contributed by atoms with E-state index < -0.39 is 17.9 Å². The minimum absolute atomic E-state index is 0.313. The number of carboxylic acid groups (broad SMARTS) is 1. The van der Waals surface area contributed by atoms with Crippen molar-refractivity contribution in [2.75, 3.05) is 6.61 Å². The normalized spacial score (nSPS) is 14.6. The number of hydrogen-bond acceptors (Lipinski definition) is 5. The summed E-state index contributed by atoms with van der Waals surface area (Å²) in [5.41, 5.74) is 1.92. The number of aryl methyl sites for hydroxylation is 1. The van der Waals surface area contributed by atoms with Gasteiger partial charge in [-0.1, -0.05) is 0 Å². The number of rotatable bonds is 5. The second-order valence-corrected chi connectivity index (χ2v) is 6.13. The maximum atomic E-state index is 12.1. The van der Waals surface area contributed by atoms with Crippen LogP contribution in [0.15, 0.2) is 27.4 Å². The molecule has 1 aromatic carbocycles. The second kappa shape index (κ2) is 6.96. The van der Waals surface area contributed by atoms with Crippen LogP contribution < -0.4 is 15.7 Å². The van der Waals surface area contributed by atoms with Gasteiger partial charge >= 0.3 is 11.6 Å². The summed E-state index contributed by atoms with van der Waals surface area (Å²) < 4.78 is 10.8. The summed E-state index contributed by atoms with van der Waals surface area (Å²) in [6.45, 7) is 1.05. The quantitative estimate of drug-likeness (QED) is 0.798. The Morgan fingerprint density at radius 2 is 2.00 bits per heavy atom. The molecule has 0 radical (unpaired) electrons. The highest BCUT2D eigenvalue weighted by Crippen LogP contribution is 2.29. The third-order valence-electron chi connectivity index (χ3n) is 4.31. The van der Waals surface area contributed by atoms with Gasteiger partial charge in [-0.2, -0.15) is 0 Å². The van der Waals surface area contributed by atoms with Crippen LogP contribution in [0.1, 0.15) is 30.9 Å². The molecular weight excluding hydrogens is 326 g/mol. The number of benzene rings is 1. The molecule has 7 nitrogen and oxygen atoms in total. The van der Waals surface area contributed by atoms with Crippen LogP contribution in [-0.4, -0.2) is 29.6 Å². The fraction of sp³-hybridized carbons (Fsp3) is 0.389. The molecule has 0 unspecified atom stereocenters. The van der Waals surface area contributed by atoms with Crippen molar-refractivity contribution >= 4 is 22.8 Å². The SMILES string of the molecule is C[C@@H](NC(=O)COc1ccc2c3c(c(=O)oc2c1)CCCC3)C(=O)O. The first-order valence-corrected chi connectivity index (χ1v) is 8.19. The molecule has 7 heteroatoms. The number of nitrogens with one attached hydrogen (secondary N) is 1. The van der Waals surface area contributed by atoms with Crippen molar-refractivity contribution in [1.82, 2.24) is 5.32 Å². The first-order chi connectivity index (χ1) is 12.0. The summed E-state index contributed by atoms with van der Waals surface area (Å²) >= 11 is 0. The average Bonchev–Trinajstić information content (AvgIpc) is 2.60. The van der Waals surface area contributed by atoms with Crippen LogP contribution in [0, 0.1) is 0 Å². The molecule has 0 fully saturated rings. The van der Waals surface area contributed by atoms with Gasteiger partial charge in [-0.25, -0.2) is 4.79 Å². The Morgan fingerprint density at radius 3 is 2.72 bits per heavy atom. The molecule has 3 rings (SSSR count). The second-order valence-electron chi connectivity index (χ2n) is 6.13. The summed E-state index contributed by atoms with van der Waals surface area (Å²) in [5.74, 6) is -1.28. The predicted octanol–water partition coefficient (Wildman–Crippen LogP) is 1.64. The third kappa shape index (κ3) is 3.65. The number of hydrogen-bond donors (Lipinski definition) is 2. The van der Waals surface area contributed by atoms with Crippen LogP contribution in [-0.2, 0) is 22.4 Å². The summed E-state index contributed by atoms with van der Waals surface area (Å²) in [7, 11) is 0. The van der Waals surface area contributed by atoms with E-state index in [4.69, 9.17) is 14.3 Å². The van der Waals surface area contributed by atoms with Gasteiger partial charge in [-0.15, -0.1) is 0 Å². The van der Waals surface area contributed by atoms with E-state index in [9.17, 15) is 14.4 Å². The molecule has 132 valence electrons. The zero-order chi connectivity index (χ0) is 18.0. The number of amides is 1. The lowest BCUT2D eigenvalue weighted by molar-refractivity contribution is -0.141. The van der Waals surface area contributed by atoms with Crippen LogP contribution in [0.25, 0.3) is 11.0 Å². The number of ether oxygens (including phenoxy) is 1. The van der Waals surface area contributed by atoms with Gasteiger partial charge in [0.2, 0.25) is 0 Å². The van der Waals surface area contributed by atoms with Gasteiger partial charge in [0.25, 0.3) is 5.91 Å². The van der Waals surface area contributed by atoms with Gasteiger partial charge < -0.3 is 19.6 Å². The van der Waals surface area contributed by atoms with Crippen molar-refractivity contribution in [2.45, 2.75) is 38.6 Å². The van der Waals surface area contributed by atoms with Crippen LogP contribution in [0.2, 0.25) is 0 Å². The van der Waals surface area contributed by atoms with Crippen molar-refractivity contribution in [3.63, 3.8) is 0 Å². The fourth-order valence-corrected chi connectivity index (χ4v) is 3.01. The minimum atomic E-state index is -1.12. The van der Waals surface area contributed by atoms with Gasteiger partial charge in [0.05, 0.1) is 0 Å². The lowest BCUT2D eigenvalue weighted by Gasteiger charge is -2.16. The van der Waals surface area contributed by atoms with E-state index in [1.807, 2.05) is 6.07 Å². The lowest BCUT2D eigenvalue weighted by atomic mass is 9.91. The van der Waals surface area contributed by atoms with Crippen LogP contribution in [0.4, 0.5) is 0 Å². The smallest absolute Gasteiger partial charge is 0.339 e. The highest BCUT2D eigenvalue weighted by Gasteiger charge is 2.18. The molecule has 1 atom stereocenters. The summed E-state index contributed by atoms with van der Waals surface area (Å²) in [5, 5.41) is 12.0. The van der Waals surface area contributed by atoms with E-state index in [-0.39, 0.29) is 12.2 Å². The molecule has 0 saturated carbocycles. The molecule has 0 bridgehead atoms.